The van der Waals surface area contributed by atoms with Crippen molar-refractivity contribution >= 4 is 11.9 Å². The van der Waals surface area contributed by atoms with Crippen molar-refractivity contribution in [1.29, 1.82) is 0 Å². The Bertz CT molecular complexity index is 358. The molecule has 1 N–H and O–H groups in total. The Morgan fingerprint density at radius 2 is 1.89 bits per heavy atom. The van der Waals surface area contributed by atoms with Crippen molar-refractivity contribution in [3.05, 3.63) is 0 Å². The molecule has 0 unspecified atom stereocenters. The summed E-state index contributed by atoms with van der Waals surface area (Å²) >= 11 is 0. The number of nitrogens with zero attached hydrogens (tertiary/aromatic N) is 2. The molecule has 0 aromatic rings. The van der Waals surface area contributed by atoms with E-state index in [1.807, 2.05) is 0 Å². The van der Waals surface area contributed by atoms with Gasteiger partial charge in [-0.25, -0.2) is 4.79 Å². The summed E-state index contributed by atoms with van der Waals surface area (Å²) in [6.45, 7) is 6.19. The Balaban J connectivity index is 2.15. The van der Waals surface area contributed by atoms with Crippen molar-refractivity contribution in [3.63, 3.8) is 0 Å². The number of rotatable bonds is 5. The van der Waals surface area contributed by atoms with E-state index < -0.39 is 11.5 Å². The molecule has 0 bridgehead atoms. The van der Waals surface area contributed by atoms with Gasteiger partial charge < -0.3 is 14.9 Å². The summed E-state index contributed by atoms with van der Waals surface area (Å²) in [6.07, 6.45) is 4.09. The summed E-state index contributed by atoms with van der Waals surface area (Å²) in [4.78, 5) is 27.7. The molecule has 0 atom stereocenters. The van der Waals surface area contributed by atoms with Gasteiger partial charge in [0.15, 0.2) is 0 Å². The standard InChI is InChI=1S/C14H24N2O3/c1-3-8-15-9-6-14(7-10-15,13(18)19)16(11(2)17)12-4-5-12/h12H,3-10H2,1-2H3,(H,18,19). The molecule has 108 valence electrons. The lowest BCUT2D eigenvalue weighted by molar-refractivity contribution is -0.163. The van der Waals surface area contributed by atoms with Crippen LogP contribution in [0.2, 0.25) is 0 Å². The van der Waals surface area contributed by atoms with E-state index in [4.69, 9.17) is 0 Å². The number of hydrogen-bond acceptors (Lipinski definition) is 3. The molecule has 0 radical (unpaired) electrons. The zero-order chi connectivity index (χ0) is 14.0. The number of amides is 1. The van der Waals surface area contributed by atoms with Gasteiger partial charge in [0, 0.05) is 26.1 Å². The van der Waals surface area contributed by atoms with Crippen LogP contribution in [-0.4, -0.2) is 58.0 Å². The third kappa shape index (κ3) is 2.76. The topological polar surface area (TPSA) is 60.9 Å². The van der Waals surface area contributed by atoms with Gasteiger partial charge in [-0.05, 0) is 38.6 Å². The fraction of sp³-hybridized carbons (Fsp3) is 0.857. The SMILES string of the molecule is CCCN1CCC(C(=O)O)(N(C(C)=O)C2CC2)CC1. The first-order chi connectivity index (χ1) is 9.01. The van der Waals surface area contributed by atoms with Crippen LogP contribution in [0.1, 0.15) is 46.0 Å². The largest absolute Gasteiger partial charge is 0.479 e. The third-order valence-corrected chi connectivity index (χ3v) is 4.33. The zero-order valence-electron chi connectivity index (χ0n) is 11.9. The number of carbonyl (C=O) groups is 2. The molecule has 1 amide bonds. The number of likely N-dealkylation sites (tertiary alicyclic amines) is 1. The van der Waals surface area contributed by atoms with Crippen LogP contribution in [-0.2, 0) is 9.59 Å². The van der Waals surface area contributed by atoms with Crippen LogP contribution in [0.3, 0.4) is 0 Å². The predicted octanol–water partition coefficient (Wildman–Crippen LogP) is 1.33. The normalized spacial score (nSPS) is 23.1. The lowest BCUT2D eigenvalue weighted by Crippen LogP contribution is -2.62. The van der Waals surface area contributed by atoms with E-state index in [9.17, 15) is 14.7 Å². The van der Waals surface area contributed by atoms with Crippen LogP contribution in [0, 0.1) is 0 Å². The van der Waals surface area contributed by atoms with E-state index in [0.29, 0.717) is 12.8 Å². The molecule has 1 saturated carbocycles. The summed E-state index contributed by atoms with van der Waals surface area (Å²) in [5, 5.41) is 9.69. The first kappa shape index (κ1) is 14.3. The van der Waals surface area contributed by atoms with Gasteiger partial charge in [0.05, 0.1) is 0 Å². The van der Waals surface area contributed by atoms with E-state index in [0.717, 1.165) is 38.9 Å². The highest BCUT2D eigenvalue weighted by Gasteiger charge is 2.52. The van der Waals surface area contributed by atoms with Gasteiger partial charge in [-0.2, -0.15) is 0 Å². The molecule has 5 nitrogen and oxygen atoms in total. The molecular weight excluding hydrogens is 244 g/mol. The zero-order valence-corrected chi connectivity index (χ0v) is 11.9. The van der Waals surface area contributed by atoms with Crippen LogP contribution in [0.5, 0.6) is 0 Å². The highest BCUT2D eigenvalue weighted by atomic mass is 16.4. The molecule has 19 heavy (non-hydrogen) atoms. The second-order valence-electron chi connectivity index (χ2n) is 5.80. The van der Waals surface area contributed by atoms with Crippen molar-refractivity contribution < 1.29 is 14.7 Å². The minimum absolute atomic E-state index is 0.0890. The molecule has 2 rings (SSSR count). The lowest BCUT2D eigenvalue weighted by Gasteiger charge is -2.45. The Morgan fingerprint density at radius 3 is 2.26 bits per heavy atom. The van der Waals surface area contributed by atoms with Crippen LogP contribution in [0.4, 0.5) is 0 Å². The van der Waals surface area contributed by atoms with Crippen molar-refractivity contribution in [2.45, 2.75) is 57.5 Å². The van der Waals surface area contributed by atoms with Gasteiger partial charge in [0.25, 0.3) is 0 Å². The van der Waals surface area contributed by atoms with Gasteiger partial charge in [0.2, 0.25) is 5.91 Å². The molecule has 1 aliphatic heterocycles. The van der Waals surface area contributed by atoms with Crippen LogP contribution in [0.15, 0.2) is 0 Å². The molecule has 0 aromatic carbocycles. The molecule has 2 fully saturated rings. The maximum absolute atomic E-state index is 11.9. The first-order valence-electron chi connectivity index (χ1n) is 7.27. The molecule has 2 aliphatic rings. The van der Waals surface area contributed by atoms with Crippen LogP contribution >= 0.6 is 0 Å². The first-order valence-corrected chi connectivity index (χ1v) is 7.27. The number of carboxylic acid groups (broad SMARTS) is 1. The average molecular weight is 268 g/mol. The van der Waals surface area contributed by atoms with Gasteiger partial charge >= 0.3 is 5.97 Å². The monoisotopic (exact) mass is 268 g/mol. The number of hydrogen-bond donors (Lipinski definition) is 1. The Kier molecular flexibility index (Phi) is 4.13. The van der Waals surface area contributed by atoms with Gasteiger partial charge in [-0.15, -0.1) is 0 Å². The van der Waals surface area contributed by atoms with E-state index in [1.54, 1.807) is 4.90 Å². The minimum atomic E-state index is -0.961. The Labute approximate surface area is 114 Å². The summed E-state index contributed by atoms with van der Waals surface area (Å²) in [6, 6.07) is 0.159. The van der Waals surface area contributed by atoms with Crippen molar-refractivity contribution in [2.24, 2.45) is 0 Å². The second kappa shape index (κ2) is 5.49. The number of carbonyl (C=O) groups excluding carboxylic acids is 1. The molecule has 5 heteroatoms. The van der Waals surface area contributed by atoms with Gasteiger partial charge in [-0.3, -0.25) is 4.79 Å². The molecule has 1 heterocycles. The number of carboxylic acids is 1. The van der Waals surface area contributed by atoms with Gasteiger partial charge in [-0.1, -0.05) is 6.92 Å². The summed E-state index contributed by atoms with van der Waals surface area (Å²) in [5.41, 5.74) is -0.961. The average Bonchev–Trinajstić information content (AvgIpc) is 3.16. The fourth-order valence-corrected chi connectivity index (χ4v) is 3.26. The van der Waals surface area contributed by atoms with E-state index >= 15 is 0 Å². The summed E-state index contributed by atoms with van der Waals surface area (Å²) < 4.78 is 0. The summed E-state index contributed by atoms with van der Waals surface area (Å²) in [7, 11) is 0. The fourth-order valence-electron chi connectivity index (χ4n) is 3.26. The molecule has 1 aliphatic carbocycles. The van der Waals surface area contributed by atoms with Gasteiger partial charge in [0.1, 0.15) is 5.54 Å². The van der Waals surface area contributed by atoms with E-state index in [2.05, 4.69) is 11.8 Å². The molecule has 1 saturated heterocycles. The molecular formula is C14H24N2O3. The maximum Gasteiger partial charge on any atom is 0.329 e. The summed E-state index contributed by atoms with van der Waals surface area (Å²) in [5.74, 6) is -0.917. The van der Waals surface area contributed by atoms with E-state index in [1.165, 1.54) is 6.92 Å². The number of aliphatic carboxylic acids is 1. The highest BCUT2D eigenvalue weighted by Crippen LogP contribution is 2.38. The van der Waals surface area contributed by atoms with Crippen LogP contribution < -0.4 is 0 Å². The predicted molar refractivity (Wildman–Crippen MR) is 71.9 cm³/mol. The lowest BCUT2D eigenvalue weighted by atomic mass is 9.85. The quantitative estimate of drug-likeness (QED) is 0.817. The van der Waals surface area contributed by atoms with Crippen LogP contribution in [0.25, 0.3) is 0 Å². The van der Waals surface area contributed by atoms with Crippen molar-refractivity contribution in [2.75, 3.05) is 19.6 Å². The highest BCUT2D eigenvalue weighted by molar-refractivity contribution is 5.86. The Morgan fingerprint density at radius 1 is 1.32 bits per heavy atom. The molecule has 0 aromatic heterocycles. The van der Waals surface area contributed by atoms with E-state index in [-0.39, 0.29) is 11.9 Å². The molecule has 0 spiro atoms. The third-order valence-electron chi connectivity index (χ3n) is 4.33. The maximum atomic E-state index is 11.9. The van der Waals surface area contributed by atoms with Crippen molar-refractivity contribution in [3.8, 4) is 0 Å². The second-order valence-corrected chi connectivity index (χ2v) is 5.80. The minimum Gasteiger partial charge on any atom is -0.479 e. The smallest absolute Gasteiger partial charge is 0.329 e. The Hall–Kier alpha value is -1.10. The van der Waals surface area contributed by atoms with Crippen molar-refractivity contribution in [1.82, 2.24) is 9.80 Å². The number of piperidine rings is 1.